The molecule has 1 atom stereocenters. The Morgan fingerprint density at radius 1 is 1.29 bits per heavy atom. The summed E-state index contributed by atoms with van der Waals surface area (Å²) in [6.07, 6.45) is 3.04. The molecule has 0 aliphatic carbocycles. The lowest BCUT2D eigenvalue weighted by atomic mass is 10.0. The van der Waals surface area contributed by atoms with E-state index in [-0.39, 0.29) is 35.5 Å². The monoisotopic (exact) mass is 418 g/mol. The van der Waals surface area contributed by atoms with Gasteiger partial charge in [0.2, 0.25) is 0 Å². The lowest BCUT2D eigenvalue weighted by molar-refractivity contribution is 0.0632. The number of amides is 1. The first-order chi connectivity index (χ1) is 13.0. The molecule has 1 N–H and O–H groups in total. The molecule has 2 aromatic heterocycles. The van der Waals surface area contributed by atoms with E-state index in [1.165, 1.54) is 10.6 Å². The van der Waals surface area contributed by atoms with Crippen LogP contribution in [0.15, 0.2) is 53.6 Å². The van der Waals surface area contributed by atoms with Gasteiger partial charge >= 0.3 is 0 Å². The van der Waals surface area contributed by atoms with Gasteiger partial charge in [-0.15, -0.1) is 12.4 Å². The topological polar surface area (TPSA) is 66.7 Å². The maximum Gasteiger partial charge on any atom is 0.270 e. The van der Waals surface area contributed by atoms with E-state index in [4.69, 9.17) is 11.6 Å². The molecule has 1 saturated heterocycles. The molecule has 28 heavy (non-hydrogen) atoms. The minimum absolute atomic E-state index is 0. The third kappa shape index (κ3) is 3.76. The zero-order valence-corrected chi connectivity index (χ0v) is 16.8. The largest absolute Gasteiger partial charge is 0.329 e. The first-order valence-corrected chi connectivity index (χ1v) is 9.17. The van der Waals surface area contributed by atoms with Crippen LogP contribution in [0.25, 0.3) is 5.65 Å². The third-order valence-electron chi connectivity index (χ3n) is 4.83. The highest BCUT2D eigenvalue weighted by Gasteiger charge is 2.30. The van der Waals surface area contributed by atoms with Crippen molar-refractivity contribution in [1.29, 1.82) is 0 Å². The number of carbonyl (C=O) groups excluding carboxylic acids is 1. The van der Waals surface area contributed by atoms with Gasteiger partial charge in [-0.2, -0.15) is 0 Å². The summed E-state index contributed by atoms with van der Waals surface area (Å²) >= 11 is 6.12. The summed E-state index contributed by atoms with van der Waals surface area (Å²) in [5, 5.41) is 3.92. The average Bonchev–Trinajstić information content (AvgIpc) is 2.67. The second kappa shape index (κ2) is 8.31. The number of aryl methyl sites for hydroxylation is 1. The normalized spacial score (nSPS) is 16.6. The number of piperazine rings is 1. The Hall–Kier alpha value is -2.41. The first-order valence-electron chi connectivity index (χ1n) is 8.80. The van der Waals surface area contributed by atoms with Crippen molar-refractivity contribution in [2.45, 2.75) is 13.0 Å². The van der Waals surface area contributed by atoms with Gasteiger partial charge in [0, 0.05) is 37.1 Å². The molecule has 1 aliphatic heterocycles. The highest BCUT2D eigenvalue weighted by atomic mass is 35.5. The van der Waals surface area contributed by atoms with Crippen LogP contribution in [-0.4, -0.2) is 39.8 Å². The molecule has 0 saturated carbocycles. The Kier molecular flexibility index (Phi) is 6.03. The van der Waals surface area contributed by atoms with Gasteiger partial charge in [-0.1, -0.05) is 23.7 Å². The summed E-state index contributed by atoms with van der Waals surface area (Å²) in [5.41, 5.74) is 2.19. The number of halogens is 2. The predicted octanol–water partition coefficient (Wildman–Crippen LogP) is 2.86. The Morgan fingerprint density at radius 2 is 2.11 bits per heavy atom. The number of nitrogens with zero attached hydrogens (tertiary/aromatic N) is 3. The van der Waals surface area contributed by atoms with Crippen LogP contribution in [0, 0.1) is 6.92 Å². The van der Waals surface area contributed by atoms with Crippen molar-refractivity contribution in [3.05, 3.63) is 80.9 Å². The van der Waals surface area contributed by atoms with E-state index in [9.17, 15) is 9.59 Å². The molecule has 0 spiro atoms. The molecule has 1 unspecified atom stereocenters. The fourth-order valence-corrected chi connectivity index (χ4v) is 3.64. The van der Waals surface area contributed by atoms with Crippen molar-refractivity contribution in [3.8, 4) is 0 Å². The first kappa shape index (κ1) is 20.3. The summed E-state index contributed by atoms with van der Waals surface area (Å²) in [5.74, 6) is -0.311. The van der Waals surface area contributed by atoms with Crippen LogP contribution in [0.3, 0.4) is 0 Å². The third-order valence-corrected chi connectivity index (χ3v) is 5.07. The Balaban J connectivity index is 0.00000225. The zero-order chi connectivity index (χ0) is 19.0. The van der Waals surface area contributed by atoms with Gasteiger partial charge in [0.05, 0.1) is 6.04 Å². The van der Waals surface area contributed by atoms with E-state index in [0.29, 0.717) is 30.3 Å². The molecule has 4 rings (SSSR count). The number of fused-ring (bicyclic) bond motifs is 1. The second-order valence-corrected chi connectivity index (χ2v) is 7.12. The molecule has 6 nitrogen and oxygen atoms in total. The minimum Gasteiger partial charge on any atom is -0.329 e. The average molecular weight is 419 g/mol. The van der Waals surface area contributed by atoms with Crippen molar-refractivity contribution in [2.24, 2.45) is 0 Å². The molecule has 1 aliphatic rings. The molecule has 8 heteroatoms. The molecule has 1 fully saturated rings. The van der Waals surface area contributed by atoms with Crippen molar-refractivity contribution in [2.75, 3.05) is 19.6 Å². The van der Waals surface area contributed by atoms with Crippen molar-refractivity contribution in [1.82, 2.24) is 19.6 Å². The molecule has 146 valence electrons. The molecule has 1 aromatic carbocycles. The number of rotatable bonds is 2. The predicted molar refractivity (Wildman–Crippen MR) is 112 cm³/mol. The van der Waals surface area contributed by atoms with Crippen LogP contribution < -0.4 is 10.9 Å². The number of hydrogen-bond acceptors (Lipinski definition) is 4. The Labute approximate surface area is 173 Å². The van der Waals surface area contributed by atoms with E-state index in [1.54, 1.807) is 17.2 Å². The molecular formula is C20H20Cl2N4O2. The number of pyridine rings is 1. The fourth-order valence-electron chi connectivity index (χ4n) is 3.44. The number of carbonyl (C=O) groups is 1. The minimum atomic E-state index is -0.353. The number of benzene rings is 1. The smallest absolute Gasteiger partial charge is 0.270 e. The highest BCUT2D eigenvalue weighted by molar-refractivity contribution is 6.30. The number of nitrogens with one attached hydrogen (secondary N) is 1. The lowest BCUT2D eigenvalue weighted by Crippen LogP contribution is -2.49. The van der Waals surface area contributed by atoms with Gasteiger partial charge in [0.15, 0.2) is 0 Å². The van der Waals surface area contributed by atoms with Gasteiger partial charge in [-0.25, -0.2) is 4.98 Å². The van der Waals surface area contributed by atoms with Gasteiger partial charge < -0.3 is 10.2 Å². The Morgan fingerprint density at radius 3 is 2.89 bits per heavy atom. The summed E-state index contributed by atoms with van der Waals surface area (Å²) < 4.78 is 1.41. The number of hydrogen-bond donors (Lipinski definition) is 1. The van der Waals surface area contributed by atoms with Crippen molar-refractivity contribution in [3.63, 3.8) is 0 Å². The van der Waals surface area contributed by atoms with Gasteiger partial charge in [0.1, 0.15) is 11.2 Å². The summed E-state index contributed by atoms with van der Waals surface area (Å²) in [7, 11) is 0. The Bertz CT molecular complexity index is 1080. The quantitative estimate of drug-likeness (QED) is 0.694. The fraction of sp³-hybridized carbons (Fsp3) is 0.250. The van der Waals surface area contributed by atoms with Gasteiger partial charge in [0.25, 0.3) is 11.5 Å². The lowest BCUT2D eigenvalue weighted by Gasteiger charge is -2.36. The standard InChI is InChI=1S/C20H19ClN4O2.ClH/c1-13-5-7-25-18(9-13)23-11-16(20(25)27)19(26)24-8-6-22-12-17(24)14-3-2-4-15(21)10-14;/h2-5,7,9-11,17,22H,6,8,12H2,1H3;1H. The van der Waals surface area contributed by atoms with Gasteiger partial charge in [-0.3, -0.25) is 14.0 Å². The van der Waals surface area contributed by atoms with E-state index in [2.05, 4.69) is 10.3 Å². The van der Waals surface area contributed by atoms with Crippen molar-refractivity contribution < 1.29 is 4.79 Å². The van der Waals surface area contributed by atoms with Crippen LogP contribution in [0.2, 0.25) is 5.02 Å². The van der Waals surface area contributed by atoms with Crippen molar-refractivity contribution >= 4 is 35.6 Å². The summed E-state index contributed by atoms with van der Waals surface area (Å²) in [4.78, 5) is 32.1. The number of aromatic nitrogens is 2. The SMILES string of the molecule is Cc1ccn2c(=O)c(C(=O)N3CCNCC3c3cccc(Cl)c3)cnc2c1.Cl. The van der Waals surface area contributed by atoms with E-state index in [1.807, 2.05) is 37.3 Å². The highest BCUT2D eigenvalue weighted by Crippen LogP contribution is 2.25. The van der Waals surface area contributed by atoms with E-state index in [0.717, 1.165) is 11.1 Å². The van der Waals surface area contributed by atoms with Crippen LogP contribution >= 0.6 is 24.0 Å². The molecule has 3 heterocycles. The van der Waals surface area contributed by atoms with Crippen LogP contribution in [-0.2, 0) is 0 Å². The van der Waals surface area contributed by atoms with E-state index < -0.39 is 0 Å². The molecule has 0 radical (unpaired) electrons. The van der Waals surface area contributed by atoms with Crippen LogP contribution in [0.4, 0.5) is 0 Å². The van der Waals surface area contributed by atoms with Crippen LogP contribution in [0.5, 0.6) is 0 Å². The maximum absolute atomic E-state index is 13.2. The zero-order valence-electron chi connectivity index (χ0n) is 15.3. The van der Waals surface area contributed by atoms with Gasteiger partial charge in [-0.05, 0) is 42.3 Å². The molecule has 3 aromatic rings. The summed E-state index contributed by atoms with van der Waals surface area (Å²) in [6.45, 7) is 3.71. The maximum atomic E-state index is 13.2. The second-order valence-electron chi connectivity index (χ2n) is 6.68. The van der Waals surface area contributed by atoms with E-state index >= 15 is 0 Å². The molecular weight excluding hydrogens is 399 g/mol. The molecule has 0 bridgehead atoms. The van der Waals surface area contributed by atoms with Crippen LogP contribution in [0.1, 0.15) is 27.5 Å². The molecule has 1 amide bonds. The summed E-state index contributed by atoms with van der Waals surface area (Å²) in [6, 6.07) is 10.9.